The fraction of sp³-hybridized carbons (Fsp3) is 0.333. The first-order chi connectivity index (χ1) is 11.8. The first kappa shape index (κ1) is 15.2. The van der Waals surface area contributed by atoms with Gasteiger partial charge in [-0.3, -0.25) is 9.36 Å². The number of furan rings is 1. The Kier molecular flexibility index (Phi) is 3.98. The van der Waals surface area contributed by atoms with Gasteiger partial charge in [0.05, 0.1) is 18.2 Å². The fourth-order valence-corrected chi connectivity index (χ4v) is 4.50. The second-order valence-electron chi connectivity index (χ2n) is 5.96. The van der Waals surface area contributed by atoms with Crippen LogP contribution in [0.3, 0.4) is 0 Å². The minimum absolute atomic E-state index is 0.0289. The van der Waals surface area contributed by atoms with Gasteiger partial charge < -0.3 is 9.73 Å². The highest BCUT2D eigenvalue weighted by Gasteiger charge is 2.21. The summed E-state index contributed by atoms with van der Waals surface area (Å²) in [5.74, 6) is 1.38. The molecule has 0 aromatic carbocycles. The summed E-state index contributed by atoms with van der Waals surface area (Å²) < 4.78 is 7.01. The Balaban J connectivity index is 1.81. The number of hydrogen-bond donors (Lipinski definition) is 1. The molecule has 0 saturated carbocycles. The monoisotopic (exact) mass is 341 g/mol. The number of aromatic nitrogens is 2. The minimum atomic E-state index is 0.0289. The lowest BCUT2D eigenvalue weighted by molar-refractivity contribution is 0.516. The predicted octanol–water partition coefficient (Wildman–Crippen LogP) is 3.73. The van der Waals surface area contributed by atoms with Crippen molar-refractivity contribution in [3.05, 3.63) is 57.6 Å². The minimum Gasteiger partial charge on any atom is -0.467 e. The molecule has 5 nitrogen and oxygen atoms in total. The van der Waals surface area contributed by atoms with E-state index in [4.69, 9.17) is 9.40 Å². The first-order valence-corrected chi connectivity index (χ1v) is 9.02. The van der Waals surface area contributed by atoms with Crippen molar-refractivity contribution >= 4 is 27.5 Å². The molecule has 0 fully saturated rings. The topological polar surface area (TPSA) is 60.1 Å². The second-order valence-corrected chi connectivity index (χ2v) is 7.05. The second kappa shape index (κ2) is 6.28. The van der Waals surface area contributed by atoms with Gasteiger partial charge in [0, 0.05) is 11.4 Å². The van der Waals surface area contributed by atoms with E-state index in [0.29, 0.717) is 19.0 Å². The quantitative estimate of drug-likeness (QED) is 0.719. The van der Waals surface area contributed by atoms with Crippen LogP contribution >= 0.6 is 11.3 Å². The molecule has 0 aliphatic heterocycles. The zero-order valence-corrected chi connectivity index (χ0v) is 14.2. The van der Waals surface area contributed by atoms with E-state index in [0.717, 1.165) is 35.2 Å². The van der Waals surface area contributed by atoms with Gasteiger partial charge in [0.25, 0.3) is 5.56 Å². The van der Waals surface area contributed by atoms with Crippen molar-refractivity contribution in [1.29, 1.82) is 0 Å². The van der Waals surface area contributed by atoms with Crippen molar-refractivity contribution in [2.75, 3.05) is 5.32 Å². The van der Waals surface area contributed by atoms with E-state index in [9.17, 15) is 4.79 Å². The number of hydrogen-bond acceptors (Lipinski definition) is 5. The number of allylic oxidation sites excluding steroid dienone is 1. The first-order valence-electron chi connectivity index (χ1n) is 8.20. The highest BCUT2D eigenvalue weighted by molar-refractivity contribution is 7.18. The number of fused-ring (bicyclic) bond motifs is 3. The van der Waals surface area contributed by atoms with E-state index >= 15 is 0 Å². The molecule has 3 heterocycles. The molecule has 1 N–H and O–H groups in total. The van der Waals surface area contributed by atoms with Crippen LogP contribution < -0.4 is 10.9 Å². The SMILES string of the molecule is C=CCn1c(NCc2ccco2)nc2sc3c(c2c1=O)CCCC3. The van der Waals surface area contributed by atoms with Crippen molar-refractivity contribution in [2.45, 2.75) is 38.8 Å². The lowest BCUT2D eigenvalue weighted by Crippen LogP contribution is -2.25. The predicted molar refractivity (Wildman–Crippen MR) is 96.8 cm³/mol. The molecule has 3 aromatic heterocycles. The van der Waals surface area contributed by atoms with Gasteiger partial charge in [-0.05, 0) is 43.4 Å². The Morgan fingerprint density at radius 1 is 1.42 bits per heavy atom. The standard InChI is InChI=1S/C18H19N3O2S/c1-2-9-21-17(22)15-13-7-3-4-8-14(13)24-16(15)20-18(21)19-11-12-6-5-10-23-12/h2,5-6,10H,1,3-4,7-9,11H2,(H,19,20). The average molecular weight is 341 g/mol. The lowest BCUT2D eigenvalue weighted by Gasteiger charge is -2.13. The fourth-order valence-electron chi connectivity index (χ4n) is 3.25. The third-order valence-electron chi connectivity index (χ3n) is 4.39. The summed E-state index contributed by atoms with van der Waals surface area (Å²) in [7, 11) is 0. The van der Waals surface area contributed by atoms with Crippen LogP contribution in [-0.4, -0.2) is 9.55 Å². The number of anilines is 1. The zero-order valence-electron chi connectivity index (χ0n) is 13.4. The van der Waals surface area contributed by atoms with Gasteiger partial charge in [-0.2, -0.15) is 0 Å². The van der Waals surface area contributed by atoms with E-state index in [1.54, 1.807) is 28.2 Å². The van der Waals surface area contributed by atoms with Gasteiger partial charge in [-0.1, -0.05) is 6.08 Å². The van der Waals surface area contributed by atoms with Gasteiger partial charge in [-0.15, -0.1) is 17.9 Å². The van der Waals surface area contributed by atoms with Gasteiger partial charge in [0.1, 0.15) is 10.6 Å². The van der Waals surface area contributed by atoms with Gasteiger partial charge in [0.15, 0.2) is 0 Å². The number of thiophene rings is 1. The Morgan fingerprint density at radius 2 is 2.29 bits per heavy atom. The summed E-state index contributed by atoms with van der Waals surface area (Å²) in [4.78, 5) is 20.0. The summed E-state index contributed by atoms with van der Waals surface area (Å²) in [5, 5.41) is 4.04. The largest absolute Gasteiger partial charge is 0.467 e. The Labute approximate surface area is 143 Å². The Hall–Kier alpha value is -2.34. The highest BCUT2D eigenvalue weighted by Crippen LogP contribution is 2.34. The van der Waals surface area contributed by atoms with Gasteiger partial charge >= 0.3 is 0 Å². The highest BCUT2D eigenvalue weighted by atomic mass is 32.1. The maximum Gasteiger partial charge on any atom is 0.264 e. The molecule has 3 aromatic rings. The van der Waals surface area contributed by atoms with Crippen LogP contribution in [0.15, 0.2) is 40.3 Å². The van der Waals surface area contributed by atoms with Crippen molar-refractivity contribution in [1.82, 2.24) is 9.55 Å². The van der Waals surface area contributed by atoms with Crippen molar-refractivity contribution in [2.24, 2.45) is 0 Å². The molecule has 0 saturated heterocycles. The summed E-state index contributed by atoms with van der Waals surface area (Å²) in [6.45, 7) is 4.70. The van der Waals surface area contributed by atoms with Crippen LogP contribution in [0.2, 0.25) is 0 Å². The van der Waals surface area contributed by atoms with Crippen LogP contribution in [0, 0.1) is 0 Å². The third kappa shape index (κ3) is 2.57. The van der Waals surface area contributed by atoms with E-state index in [2.05, 4.69) is 11.9 Å². The number of aryl methyl sites for hydroxylation is 2. The molecule has 0 unspecified atom stereocenters. The Bertz CT molecular complexity index is 937. The van der Waals surface area contributed by atoms with Crippen molar-refractivity contribution < 1.29 is 4.42 Å². The van der Waals surface area contributed by atoms with E-state index < -0.39 is 0 Å². The molecule has 0 radical (unpaired) electrons. The molecule has 0 spiro atoms. The van der Waals surface area contributed by atoms with Gasteiger partial charge in [0.2, 0.25) is 5.95 Å². The lowest BCUT2D eigenvalue weighted by atomic mass is 9.97. The molecule has 0 amide bonds. The van der Waals surface area contributed by atoms with Crippen molar-refractivity contribution in [3.8, 4) is 0 Å². The van der Waals surface area contributed by atoms with Crippen LogP contribution in [0.25, 0.3) is 10.2 Å². The smallest absolute Gasteiger partial charge is 0.264 e. The molecule has 1 aliphatic carbocycles. The Morgan fingerprint density at radius 3 is 3.08 bits per heavy atom. The van der Waals surface area contributed by atoms with E-state index in [-0.39, 0.29) is 5.56 Å². The summed E-state index contributed by atoms with van der Waals surface area (Å²) in [5.41, 5.74) is 1.25. The maximum atomic E-state index is 13.1. The van der Waals surface area contributed by atoms with Crippen LogP contribution in [0.5, 0.6) is 0 Å². The molecule has 124 valence electrons. The molecule has 1 aliphatic rings. The summed E-state index contributed by atoms with van der Waals surface area (Å²) >= 11 is 1.66. The third-order valence-corrected chi connectivity index (χ3v) is 5.57. The van der Waals surface area contributed by atoms with Crippen LogP contribution in [-0.2, 0) is 25.9 Å². The number of nitrogens with zero attached hydrogens (tertiary/aromatic N) is 2. The maximum absolute atomic E-state index is 13.1. The number of nitrogens with one attached hydrogen (secondary N) is 1. The van der Waals surface area contributed by atoms with E-state index in [1.165, 1.54) is 16.9 Å². The van der Waals surface area contributed by atoms with Gasteiger partial charge in [-0.25, -0.2) is 4.98 Å². The van der Waals surface area contributed by atoms with Crippen LogP contribution in [0.1, 0.15) is 29.0 Å². The molecule has 6 heteroatoms. The van der Waals surface area contributed by atoms with Crippen molar-refractivity contribution in [3.63, 3.8) is 0 Å². The molecule has 0 bridgehead atoms. The summed E-state index contributed by atoms with van der Waals surface area (Å²) in [6, 6.07) is 3.74. The molecule has 24 heavy (non-hydrogen) atoms. The molecule has 4 rings (SSSR count). The normalized spacial score (nSPS) is 13.8. The van der Waals surface area contributed by atoms with Crippen LogP contribution in [0.4, 0.5) is 5.95 Å². The number of rotatable bonds is 5. The molecular formula is C18H19N3O2S. The average Bonchev–Trinajstić information content (AvgIpc) is 3.22. The summed E-state index contributed by atoms with van der Waals surface area (Å²) in [6.07, 6.45) is 7.76. The zero-order chi connectivity index (χ0) is 16.5. The van der Waals surface area contributed by atoms with E-state index in [1.807, 2.05) is 12.1 Å². The molecule has 0 atom stereocenters. The molecular weight excluding hydrogens is 322 g/mol.